The van der Waals surface area contributed by atoms with Gasteiger partial charge in [0.05, 0.1) is 16.9 Å². The minimum atomic E-state index is -0.451. The number of aromatic amines is 1. The summed E-state index contributed by atoms with van der Waals surface area (Å²) in [4.78, 5) is 13.7. The summed E-state index contributed by atoms with van der Waals surface area (Å²) < 4.78 is 4.96. The Morgan fingerprint density at radius 3 is 3.22 bits per heavy atom. The molecule has 1 atom stereocenters. The third kappa shape index (κ3) is 2.20. The summed E-state index contributed by atoms with van der Waals surface area (Å²) in [6.07, 6.45) is 2.54. The number of benzene rings is 1. The largest absolute Gasteiger partial charge is 0.417 e. The van der Waals surface area contributed by atoms with E-state index in [0.717, 1.165) is 12.2 Å². The number of nitrogens with one attached hydrogen (secondary N) is 2. The highest BCUT2D eigenvalue weighted by molar-refractivity contribution is 8.00. The van der Waals surface area contributed by atoms with Crippen LogP contribution < -0.4 is 16.8 Å². The number of rotatable bonds is 3. The summed E-state index contributed by atoms with van der Waals surface area (Å²) in [5.74, 6) is 0.795. The molecule has 0 radical (unpaired) electrons. The predicted molar refractivity (Wildman–Crippen MR) is 75.2 cm³/mol. The van der Waals surface area contributed by atoms with E-state index in [1.165, 1.54) is 18.6 Å². The predicted octanol–water partition coefficient (Wildman–Crippen LogP) is 2.01. The Bertz CT molecular complexity index is 613. The first-order chi connectivity index (χ1) is 8.72. The summed E-state index contributed by atoms with van der Waals surface area (Å²) in [5.41, 5.74) is 8.57. The molecule has 5 nitrogen and oxygen atoms in total. The molecule has 1 aliphatic rings. The molecule has 0 saturated carbocycles. The number of nitrogen functional groups attached to an aromatic ring is 1. The van der Waals surface area contributed by atoms with E-state index in [1.54, 1.807) is 6.07 Å². The summed E-state index contributed by atoms with van der Waals surface area (Å²) in [7, 11) is 0. The molecule has 1 saturated heterocycles. The maximum atomic E-state index is 11.1. The highest BCUT2D eigenvalue weighted by Gasteiger charge is 2.15. The Kier molecular flexibility index (Phi) is 2.95. The van der Waals surface area contributed by atoms with Crippen LogP contribution in [0.1, 0.15) is 12.8 Å². The summed E-state index contributed by atoms with van der Waals surface area (Å²) >= 11 is 2.00. The smallest absolute Gasteiger partial charge is 0.408 e. The van der Waals surface area contributed by atoms with Crippen LogP contribution in [-0.2, 0) is 0 Å². The number of H-pyrrole nitrogens is 1. The molecule has 2 aromatic rings. The van der Waals surface area contributed by atoms with Crippen LogP contribution in [-0.4, -0.2) is 22.5 Å². The minimum Gasteiger partial charge on any atom is -0.408 e. The molecule has 96 valence electrons. The lowest BCUT2D eigenvalue weighted by Crippen LogP contribution is -2.14. The molecule has 0 amide bonds. The van der Waals surface area contributed by atoms with E-state index in [9.17, 15) is 4.79 Å². The molecule has 6 heteroatoms. The molecule has 1 aromatic heterocycles. The first-order valence-corrected chi connectivity index (χ1v) is 7.05. The zero-order valence-corrected chi connectivity index (χ0v) is 10.7. The second-order valence-corrected chi connectivity index (χ2v) is 5.87. The van der Waals surface area contributed by atoms with E-state index < -0.39 is 5.76 Å². The molecule has 0 spiro atoms. The van der Waals surface area contributed by atoms with Gasteiger partial charge in [-0.1, -0.05) is 0 Å². The second-order valence-electron chi connectivity index (χ2n) is 4.47. The monoisotopic (exact) mass is 265 g/mol. The van der Waals surface area contributed by atoms with Crippen LogP contribution in [0, 0.1) is 0 Å². The van der Waals surface area contributed by atoms with Gasteiger partial charge in [0.2, 0.25) is 0 Å². The lowest BCUT2D eigenvalue weighted by Gasteiger charge is -2.13. The summed E-state index contributed by atoms with van der Waals surface area (Å²) in [6, 6.07) is 3.51. The van der Waals surface area contributed by atoms with Crippen LogP contribution in [0.2, 0.25) is 0 Å². The Labute approximate surface area is 108 Å². The molecule has 0 aliphatic carbocycles. The highest BCUT2D eigenvalue weighted by atomic mass is 32.2. The average molecular weight is 265 g/mol. The number of hydrogen-bond donors (Lipinski definition) is 3. The van der Waals surface area contributed by atoms with Crippen molar-refractivity contribution in [1.29, 1.82) is 0 Å². The van der Waals surface area contributed by atoms with Gasteiger partial charge < -0.3 is 15.5 Å². The van der Waals surface area contributed by atoms with Crippen LogP contribution in [0.25, 0.3) is 11.1 Å². The normalized spacial score (nSPS) is 19.4. The molecule has 3 rings (SSSR count). The first kappa shape index (κ1) is 11.5. The number of hydrogen-bond acceptors (Lipinski definition) is 5. The molecule has 2 heterocycles. The molecule has 18 heavy (non-hydrogen) atoms. The Balaban J connectivity index is 1.81. The fourth-order valence-corrected chi connectivity index (χ4v) is 3.40. The van der Waals surface area contributed by atoms with Crippen molar-refractivity contribution >= 4 is 34.2 Å². The van der Waals surface area contributed by atoms with Crippen LogP contribution in [0.4, 0.5) is 11.4 Å². The Morgan fingerprint density at radius 1 is 1.56 bits per heavy atom. The van der Waals surface area contributed by atoms with Gasteiger partial charge in [0.25, 0.3) is 0 Å². The van der Waals surface area contributed by atoms with Gasteiger partial charge in [0.1, 0.15) is 0 Å². The van der Waals surface area contributed by atoms with E-state index in [0.29, 0.717) is 22.0 Å². The van der Waals surface area contributed by atoms with Crippen LogP contribution in [0.5, 0.6) is 0 Å². The Hall–Kier alpha value is -1.56. The van der Waals surface area contributed by atoms with Gasteiger partial charge in [-0.2, -0.15) is 11.8 Å². The van der Waals surface area contributed by atoms with Crippen molar-refractivity contribution in [3.05, 3.63) is 22.7 Å². The zero-order valence-electron chi connectivity index (χ0n) is 9.86. The van der Waals surface area contributed by atoms with Crippen LogP contribution in [0.3, 0.4) is 0 Å². The lowest BCUT2D eigenvalue weighted by molar-refractivity contribution is 0.555. The molecule has 1 aliphatic heterocycles. The van der Waals surface area contributed by atoms with Crippen molar-refractivity contribution in [2.24, 2.45) is 0 Å². The lowest BCUT2D eigenvalue weighted by atomic mass is 10.2. The van der Waals surface area contributed by atoms with Crippen LogP contribution >= 0.6 is 11.8 Å². The summed E-state index contributed by atoms with van der Waals surface area (Å²) in [6.45, 7) is 0.905. The summed E-state index contributed by atoms with van der Waals surface area (Å²) in [5, 5.41) is 4.00. The Morgan fingerprint density at radius 2 is 2.44 bits per heavy atom. The molecule has 0 bridgehead atoms. The molecule has 1 fully saturated rings. The number of aromatic nitrogens is 1. The number of anilines is 2. The maximum absolute atomic E-state index is 11.1. The molecule has 1 aromatic carbocycles. The number of fused-ring (bicyclic) bond motifs is 1. The van der Waals surface area contributed by atoms with Crippen molar-refractivity contribution in [3.63, 3.8) is 0 Å². The van der Waals surface area contributed by atoms with Gasteiger partial charge in [0.15, 0.2) is 5.58 Å². The topological polar surface area (TPSA) is 84.0 Å². The number of oxazole rings is 1. The van der Waals surface area contributed by atoms with Gasteiger partial charge in [-0.15, -0.1) is 0 Å². The van der Waals surface area contributed by atoms with E-state index in [-0.39, 0.29) is 0 Å². The van der Waals surface area contributed by atoms with Crippen molar-refractivity contribution < 1.29 is 4.42 Å². The third-order valence-electron chi connectivity index (χ3n) is 3.14. The molecule has 4 N–H and O–H groups in total. The minimum absolute atomic E-state index is 0.451. The van der Waals surface area contributed by atoms with Gasteiger partial charge in [-0.25, -0.2) is 4.79 Å². The quantitative estimate of drug-likeness (QED) is 0.739. The van der Waals surface area contributed by atoms with E-state index in [2.05, 4.69) is 10.3 Å². The van der Waals surface area contributed by atoms with Gasteiger partial charge in [-0.05, 0) is 24.7 Å². The maximum Gasteiger partial charge on any atom is 0.417 e. The molecule has 1 unspecified atom stereocenters. The SMILES string of the molecule is Nc1cc2oc(=O)[nH]c2cc1NCC1CCCS1. The highest BCUT2D eigenvalue weighted by Crippen LogP contribution is 2.28. The van der Waals surface area contributed by atoms with Crippen molar-refractivity contribution in [2.45, 2.75) is 18.1 Å². The van der Waals surface area contributed by atoms with Gasteiger partial charge in [-0.3, -0.25) is 4.98 Å². The van der Waals surface area contributed by atoms with E-state index >= 15 is 0 Å². The van der Waals surface area contributed by atoms with Crippen molar-refractivity contribution in [3.8, 4) is 0 Å². The molecular weight excluding hydrogens is 250 g/mol. The third-order valence-corrected chi connectivity index (χ3v) is 4.53. The van der Waals surface area contributed by atoms with Crippen LogP contribution in [0.15, 0.2) is 21.3 Å². The molecular formula is C12H15N3O2S. The number of nitrogens with two attached hydrogens (primary N) is 1. The van der Waals surface area contributed by atoms with Gasteiger partial charge >= 0.3 is 5.76 Å². The van der Waals surface area contributed by atoms with Crippen molar-refractivity contribution in [1.82, 2.24) is 4.98 Å². The standard InChI is InChI=1S/C12H15N3O2S/c13-8-4-11-10(15-12(16)17-11)5-9(8)14-6-7-2-1-3-18-7/h4-5,7,14H,1-3,6,13H2,(H,15,16). The van der Waals surface area contributed by atoms with E-state index in [4.69, 9.17) is 10.2 Å². The average Bonchev–Trinajstić information content (AvgIpc) is 2.94. The first-order valence-electron chi connectivity index (χ1n) is 6.00. The van der Waals surface area contributed by atoms with Crippen molar-refractivity contribution in [2.75, 3.05) is 23.3 Å². The number of thioether (sulfide) groups is 1. The van der Waals surface area contributed by atoms with Gasteiger partial charge in [0, 0.05) is 17.9 Å². The second kappa shape index (κ2) is 4.61. The zero-order chi connectivity index (χ0) is 12.5. The fraction of sp³-hybridized carbons (Fsp3) is 0.417. The fourth-order valence-electron chi connectivity index (χ4n) is 2.20. The van der Waals surface area contributed by atoms with E-state index in [1.807, 2.05) is 17.8 Å².